The number of carbonyl (C=O) groups is 1. The number of aliphatic hydroxyl groups is 1. The molecule has 0 atom stereocenters. The monoisotopic (exact) mass is 848 g/mol. The predicted octanol–water partition coefficient (Wildman–Crippen LogP) is 12.5. The molecule has 0 unspecified atom stereocenters. The summed E-state index contributed by atoms with van der Waals surface area (Å²) in [5, 5.41) is 17.1. The van der Waals surface area contributed by atoms with Gasteiger partial charge in [0.05, 0.1) is 0 Å². The van der Waals surface area contributed by atoms with Gasteiger partial charge >= 0.3 is 0 Å². The zero-order valence-electron chi connectivity index (χ0n) is 30.4. The standard InChI is InChI=1S/C29H20FN2.C15H28O2.Ir/c1-17(2)28-24-7-4-3-6-20(24)23-11-10-18(16-27(23)32-28)29-25-13-12-22-19(8-5-9-26(22)30)21(25)14-15-31-29;1-7-14(5,8-2)12(16)11-13(17)15(6,9-3)10-4;/h3-9,11-17H,1-2H3;11,16H,7-10H2,1-6H3;/q-1;;/b;12-11-;. The molecule has 263 valence electrons. The van der Waals surface area contributed by atoms with Crippen LogP contribution in [0.15, 0.2) is 90.8 Å². The minimum atomic E-state index is -0.337. The number of aromatic nitrogens is 2. The first-order valence-electron chi connectivity index (χ1n) is 17.6. The van der Waals surface area contributed by atoms with Gasteiger partial charge in [-0.25, -0.2) is 4.39 Å². The SMILES string of the molecule is CC(C)c1nc2cc(-c3nccc4c3ccc3c(F)cccc34)[c-]cc2c2ccccc12.CCC(C)(CC)C(=O)/C=C(\O)C(C)(CC)CC.[Ir]. The van der Waals surface area contributed by atoms with Gasteiger partial charge in [0.2, 0.25) is 0 Å². The summed E-state index contributed by atoms with van der Waals surface area (Å²) < 4.78 is 14.3. The largest absolute Gasteiger partial charge is 0.512 e. The fourth-order valence-corrected chi connectivity index (χ4v) is 6.38. The van der Waals surface area contributed by atoms with Crippen LogP contribution in [0.1, 0.15) is 92.7 Å². The van der Waals surface area contributed by atoms with Gasteiger partial charge in [0.25, 0.3) is 0 Å². The number of hydrogen-bond acceptors (Lipinski definition) is 4. The van der Waals surface area contributed by atoms with E-state index in [4.69, 9.17) is 4.98 Å². The van der Waals surface area contributed by atoms with Crippen molar-refractivity contribution in [1.82, 2.24) is 9.97 Å². The second-order valence-corrected chi connectivity index (χ2v) is 13.9. The van der Waals surface area contributed by atoms with E-state index in [9.17, 15) is 14.3 Å². The molecule has 2 heterocycles. The fourth-order valence-electron chi connectivity index (χ4n) is 6.38. The van der Waals surface area contributed by atoms with Crippen LogP contribution in [-0.2, 0) is 24.9 Å². The van der Waals surface area contributed by atoms with E-state index in [1.165, 1.54) is 22.9 Å². The third-order valence-electron chi connectivity index (χ3n) is 10.8. The number of pyridine rings is 2. The molecule has 0 fully saturated rings. The van der Waals surface area contributed by atoms with Gasteiger partial charge in [-0.05, 0) is 81.9 Å². The van der Waals surface area contributed by atoms with Gasteiger partial charge in [0.15, 0.2) is 5.78 Å². The van der Waals surface area contributed by atoms with Gasteiger partial charge in [0, 0.05) is 54.3 Å². The summed E-state index contributed by atoms with van der Waals surface area (Å²) in [5.41, 5.74) is 3.14. The first-order chi connectivity index (χ1) is 23.4. The van der Waals surface area contributed by atoms with Crippen molar-refractivity contribution in [2.45, 2.75) is 87.0 Å². The molecule has 50 heavy (non-hydrogen) atoms. The third kappa shape index (κ3) is 7.38. The summed E-state index contributed by atoms with van der Waals surface area (Å²) in [6, 6.07) is 26.9. The Morgan fingerprint density at radius 1 is 0.800 bits per heavy atom. The number of rotatable bonds is 9. The van der Waals surface area contributed by atoms with Gasteiger partial charge < -0.3 is 10.1 Å². The average Bonchev–Trinajstić information content (AvgIpc) is 3.13. The zero-order chi connectivity index (χ0) is 35.5. The van der Waals surface area contributed by atoms with Crippen LogP contribution < -0.4 is 0 Å². The summed E-state index contributed by atoms with van der Waals surface area (Å²) in [5.74, 6) is 0.389. The van der Waals surface area contributed by atoms with Crippen LogP contribution in [0.25, 0.3) is 54.5 Å². The number of nitrogens with zero attached hydrogens (tertiary/aromatic N) is 2. The molecule has 1 radical (unpaired) electrons. The number of allylic oxidation sites excluding steroid dienone is 2. The Hall–Kier alpha value is -3.99. The fraction of sp³-hybridized carbons (Fsp3) is 0.341. The van der Waals surface area contributed by atoms with Gasteiger partial charge in [0.1, 0.15) is 11.6 Å². The summed E-state index contributed by atoms with van der Waals surface area (Å²) in [4.78, 5) is 21.9. The smallest absolute Gasteiger partial charge is 0.164 e. The predicted molar refractivity (Wildman–Crippen MR) is 203 cm³/mol. The van der Waals surface area contributed by atoms with Crippen molar-refractivity contribution in [2.75, 3.05) is 0 Å². The van der Waals surface area contributed by atoms with Crippen molar-refractivity contribution in [3.8, 4) is 11.3 Å². The molecule has 1 N–H and O–H groups in total. The van der Waals surface area contributed by atoms with E-state index in [1.807, 2.05) is 71.9 Å². The second kappa shape index (κ2) is 15.9. The van der Waals surface area contributed by atoms with Crippen LogP contribution in [0, 0.1) is 22.7 Å². The Labute approximate surface area is 309 Å². The number of hydrogen-bond donors (Lipinski definition) is 1. The number of halogens is 1. The van der Waals surface area contributed by atoms with Crippen LogP contribution in [0.2, 0.25) is 0 Å². The van der Waals surface area contributed by atoms with Crippen molar-refractivity contribution in [3.63, 3.8) is 0 Å². The Bertz CT molecular complexity index is 2180. The van der Waals surface area contributed by atoms with Crippen LogP contribution in [-0.4, -0.2) is 20.9 Å². The normalized spacial score (nSPS) is 12.3. The maximum Gasteiger partial charge on any atom is 0.164 e. The summed E-state index contributed by atoms with van der Waals surface area (Å²) in [6.45, 7) is 16.4. The molecule has 6 heteroatoms. The number of carbonyl (C=O) groups excluding carboxylic acids is 1. The average molecular weight is 848 g/mol. The van der Waals surface area contributed by atoms with Crippen LogP contribution >= 0.6 is 0 Å². The Morgan fingerprint density at radius 2 is 1.38 bits per heavy atom. The molecule has 6 rings (SSSR count). The van der Waals surface area contributed by atoms with E-state index in [1.54, 1.807) is 12.3 Å². The number of ketones is 1. The van der Waals surface area contributed by atoms with Gasteiger partial charge in [-0.3, -0.25) is 9.78 Å². The molecule has 0 saturated carbocycles. The molecule has 0 spiro atoms. The molecule has 0 amide bonds. The Balaban J connectivity index is 0.000000269. The van der Waals surface area contributed by atoms with Gasteiger partial charge in [-0.2, -0.15) is 0 Å². The Kier molecular flexibility index (Phi) is 12.4. The van der Waals surface area contributed by atoms with Crippen molar-refractivity contribution >= 4 is 49.0 Å². The van der Waals surface area contributed by atoms with E-state index in [2.05, 4.69) is 55.2 Å². The molecule has 4 aromatic carbocycles. The number of fused-ring (bicyclic) bond motifs is 6. The van der Waals surface area contributed by atoms with Crippen LogP contribution in [0.3, 0.4) is 0 Å². The molecular formula is C44H48FIrN2O2-. The summed E-state index contributed by atoms with van der Waals surface area (Å²) in [6.07, 6.45) is 6.54. The van der Waals surface area contributed by atoms with Crippen molar-refractivity contribution in [1.29, 1.82) is 0 Å². The second-order valence-electron chi connectivity index (χ2n) is 13.9. The molecular weight excluding hydrogens is 800 g/mol. The number of aliphatic hydroxyl groups excluding tert-OH is 1. The van der Waals surface area contributed by atoms with Crippen molar-refractivity contribution < 1.29 is 34.4 Å². The molecule has 0 aliphatic rings. The molecule has 0 bridgehead atoms. The maximum absolute atomic E-state index is 14.3. The van der Waals surface area contributed by atoms with Crippen LogP contribution in [0.4, 0.5) is 4.39 Å². The Morgan fingerprint density at radius 3 is 2.02 bits per heavy atom. The topological polar surface area (TPSA) is 63.1 Å². The van der Waals surface area contributed by atoms with Crippen LogP contribution in [0.5, 0.6) is 0 Å². The minimum absolute atomic E-state index is 0. The van der Waals surface area contributed by atoms with E-state index >= 15 is 0 Å². The maximum atomic E-state index is 14.3. The van der Waals surface area contributed by atoms with Gasteiger partial charge in [-0.15, -0.1) is 23.8 Å². The van der Waals surface area contributed by atoms with Crippen molar-refractivity contribution in [2.24, 2.45) is 10.8 Å². The number of benzene rings is 4. The quantitative estimate of drug-likeness (QED) is 0.0681. The minimum Gasteiger partial charge on any atom is -0.512 e. The molecule has 2 aromatic heterocycles. The first-order valence-corrected chi connectivity index (χ1v) is 17.6. The summed E-state index contributed by atoms with van der Waals surface area (Å²) in [7, 11) is 0. The van der Waals surface area contributed by atoms with E-state index in [0.29, 0.717) is 11.3 Å². The molecule has 0 aliphatic carbocycles. The van der Waals surface area contributed by atoms with E-state index < -0.39 is 0 Å². The zero-order valence-corrected chi connectivity index (χ0v) is 32.8. The van der Waals surface area contributed by atoms with E-state index in [-0.39, 0.29) is 48.3 Å². The first kappa shape index (κ1) is 38.8. The molecule has 0 saturated heterocycles. The third-order valence-corrected chi connectivity index (χ3v) is 10.8. The molecule has 4 nitrogen and oxygen atoms in total. The molecule has 0 aliphatic heterocycles. The van der Waals surface area contributed by atoms with E-state index in [0.717, 1.165) is 69.7 Å². The van der Waals surface area contributed by atoms with Crippen molar-refractivity contribution in [3.05, 3.63) is 108 Å². The summed E-state index contributed by atoms with van der Waals surface area (Å²) >= 11 is 0. The van der Waals surface area contributed by atoms with Gasteiger partial charge in [-0.1, -0.05) is 109 Å². The molecule has 6 aromatic rings.